The molecule has 5 nitrogen and oxygen atoms in total. The zero-order chi connectivity index (χ0) is 22.3. The normalized spacial score (nSPS) is 18.3. The van der Waals surface area contributed by atoms with Gasteiger partial charge in [-0.2, -0.15) is 18.2 Å². The zero-order valence-corrected chi connectivity index (χ0v) is 17.4. The molecule has 9 heteroatoms. The summed E-state index contributed by atoms with van der Waals surface area (Å²) in [4.78, 5) is 16.6. The number of aromatic nitrogens is 2. The molecule has 1 aromatic carbocycles. The Morgan fingerprint density at radius 2 is 1.93 bits per heavy atom. The quantitative estimate of drug-likeness (QED) is 0.690. The minimum atomic E-state index is -4.69. The molecule has 2 aromatic rings. The van der Waals surface area contributed by atoms with Gasteiger partial charge in [0.05, 0.1) is 23.8 Å². The molecule has 0 bridgehead atoms. The van der Waals surface area contributed by atoms with E-state index in [-0.39, 0.29) is 17.0 Å². The van der Waals surface area contributed by atoms with Gasteiger partial charge in [-0.25, -0.2) is 4.39 Å². The van der Waals surface area contributed by atoms with Crippen LogP contribution in [0, 0.1) is 5.82 Å². The number of alkyl halides is 3. The summed E-state index contributed by atoms with van der Waals surface area (Å²) in [6.45, 7) is 7.08. The van der Waals surface area contributed by atoms with Crippen molar-refractivity contribution in [3.63, 3.8) is 0 Å². The molecular formula is C21H25F4N3O2. The monoisotopic (exact) mass is 427 g/mol. The van der Waals surface area contributed by atoms with Gasteiger partial charge in [0.1, 0.15) is 5.82 Å². The summed E-state index contributed by atoms with van der Waals surface area (Å²) in [5.41, 5.74) is -0.963. The smallest absolute Gasteiger partial charge is 0.376 e. The Morgan fingerprint density at radius 1 is 1.23 bits per heavy atom. The first kappa shape index (κ1) is 22.3. The summed E-state index contributed by atoms with van der Waals surface area (Å²) in [5, 5.41) is 0. The van der Waals surface area contributed by atoms with E-state index in [0.717, 1.165) is 18.5 Å². The molecule has 1 aromatic heterocycles. The lowest BCUT2D eigenvalue weighted by Crippen LogP contribution is -2.30. The fourth-order valence-corrected chi connectivity index (χ4v) is 3.59. The van der Waals surface area contributed by atoms with Crippen LogP contribution in [0.4, 0.5) is 17.6 Å². The van der Waals surface area contributed by atoms with Crippen LogP contribution in [0.15, 0.2) is 29.3 Å². The second-order valence-corrected chi connectivity index (χ2v) is 8.49. The van der Waals surface area contributed by atoms with Crippen molar-refractivity contribution in [3.05, 3.63) is 52.4 Å². The van der Waals surface area contributed by atoms with Gasteiger partial charge in [-0.15, -0.1) is 0 Å². The van der Waals surface area contributed by atoms with E-state index in [4.69, 9.17) is 4.74 Å². The second kappa shape index (κ2) is 8.02. The third-order valence-electron chi connectivity index (χ3n) is 5.15. The minimum absolute atomic E-state index is 0.0502. The Labute approximate surface area is 172 Å². The largest absolute Gasteiger partial charge is 0.416 e. The topological polar surface area (TPSA) is 48.5 Å². The minimum Gasteiger partial charge on any atom is -0.376 e. The molecule has 0 N–H and O–H groups in total. The Kier molecular flexibility index (Phi) is 5.95. The molecule has 2 heterocycles. The number of hydrogen-bond acceptors (Lipinski definition) is 2. The third-order valence-corrected chi connectivity index (χ3v) is 5.15. The number of ether oxygens (including phenoxy) is 1. The first-order valence-electron chi connectivity index (χ1n) is 9.72. The number of nitrogens with zero attached hydrogens (tertiary/aromatic N) is 3. The molecule has 164 valence electrons. The lowest BCUT2D eigenvalue weighted by molar-refractivity contribution is -0.137. The average molecular weight is 427 g/mol. The predicted octanol–water partition coefficient (Wildman–Crippen LogP) is 4.20. The molecule has 1 saturated heterocycles. The van der Waals surface area contributed by atoms with E-state index in [9.17, 15) is 22.4 Å². The van der Waals surface area contributed by atoms with Crippen LogP contribution in [0.25, 0.3) is 0 Å². The summed E-state index contributed by atoms with van der Waals surface area (Å²) < 4.78 is 62.4. The van der Waals surface area contributed by atoms with Gasteiger partial charge < -0.3 is 4.74 Å². The van der Waals surface area contributed by atoms with Gasteiger partial charge in [-0.05, 0) is 31.0 Å². The fourth-order valence-electron chi connectivity index (χ4n) is 3.59. The number of benzene rings is 1. The van der Waals surface area contributed by atoms with Gasteiger partial charge in [-0.1, -0.05) is 20.8 Å². The molecule has 1 aliphatic rings. The second-order valence-electron chi connectivity index (χ2n) is 8.49. The molecule has 3 rings (SSSR count). The Bertz CT molecular complexity index is 1010. The first-order chi connectivity index (χ1) is 13.9. The van der Waals surface area contributed by atoms with Gasteiger partial charge in [-0.3, -0.25) is 14.2 Å². The standard InChI is InChI=1S/C21H25F4N3O2/c1-20(2,3)17-11-18(28(27(17)4)12-14-6-5-9-30-14)26-19(29)15-10-13(21(23,24)25)7-8-16(15)22/h7-8,10-11,14H,5-6,9,12H2,1-4H3/t14-/m1/s1. The van der Waals surface area contributed by atoms with Crippen LogP contribution >= 0.6 is 0 Å². The van der Waals surface area contributed by atoms with Crippen molar-refractivity contribution in [2.24, 2.45) is 12.0 Å². The zero-order valence-electron chi connectivity index (χ0n) is 17.4. The van der Waals surface area contributed by atoms with Crippen molar-refractivity contribution < 1.29 is 27.1 Å². The van der Waals surface area contributed by atoms with Crippen LogP contribution < -0.4 is 5.49 Å². The molecule has 0 aliphatic carbocycles. The van der Waals surface area contributed by atoms with Crippen LogP contribution in [-0.2, 0) is 29.9 Å². The molecule has 1 aliphatic heterocycles. The average Bonchev–Trinajstić information content (AvgIpc) is 3.24. The Hall–Kier alpha value is -2.42. The first-order valence-corrected chi connectivity index (χ1v) is 9.72. The number of carbonyl (C=O) groups is 1. The van der Waals surface area contributed by atoms with Gasteiger partial charge in [0.15, 0.2) is 5.49 Å². The lowest BCUT2D eigenvalue weighted by atomic mass is 9.92. The molecule has 1 atom stereocenters. The number of rotatable bonds is 3. The van der Waals surface area contributed by atoms with Crippen LogP contribution in [0.5, 0.6) is 0 Å². The number of amides is 1. The highest BCUT2D eigenvalue weighted by molar-refractivity contribution is 5.95. The van der Waals surface area contributed by atoms with E-state index in [0.29, 0.717) is 31.4 Å². The molecule has 1 amide bonds. The van der Waals surface area contributed by atoms with Crippen molar-refractivity contribution in [3.8, 4) is 0 Å². The van der Waals surface area contributed by atoms with Crippen LogP contribution in [-0.4, -0.2) is 28.0 Å². The van der Waals surface area contributed by atoms with E-state index in [2.05, 4.69) is 4.99 Å². The third kappa shape index (κ3) is 4.66. The predicted molar refractivity (Wildman–Crippen MR) is 102 cm³/mol. The summed E-state index contributed by atoms with van der Waals surface area (Å²) in [5.74, 6) is -2.11. The molecule has 0 radical (unpaired) electrons. The van der Waals surface area contributed by atoms with Gasteiger partial charge in [0.25, 0.3) is 5.91 Å². The maximum absolute atomic E-state index is 14.1. The van der Waals surface area contributed by atoms with Crippen LogP contribution in [0.1, 0.15) is 55.2 Å². The van der Waals surface area contributed by atoms with E-state index in [1.54, 1.807) is 10.7 Å². The highest BCUT2D eigenvalue weighted by atomic mass is 19.4. The fraction of sp³-hybridized carbons (Fsp3) is 0.524. The van der Waals surface area contributed by atoms with Gasteiger partial charge in [0, 0.05) is 30.8 Å². The maximum atomic E-state index is 14.1. The van der Waals surface area contributed by atoms with Crippen molar-refractivity contribution in [1.29, 1.82) is 0 Å². The van der Waals surface area contributed by atoms with Crippen LogP contribution in [0.2, 0.25) is 0 Å². The van der Waals surface area contributed by atoms with E-state index >= 15 is 0 Å². The van der Waals surface area contributed by atoms with Crippen LogP contribution in [0.3, 0.4) is 0 Å². The Morgan fingerprint density at radius 3 is 2.50 bits per heavy atom. The number of carbonyl (C=O) groups excluding carboxylic acids is 1. The molecule has 0 unspecified atom stereocenters. The van der Waals surface area contributed by atoms with Crippen molar-refractivity contribution in [2.75, 3.05) is 6.61 Å². The highest BCUT2D eigenvalue weighted by Crippen LogP contribution is 2.30. The molecule has 1 fully saturated rings. The lowest BCUT2D eigenvalue weighted by Gasteiger charge is -2.21. The number of hydrogen-bond donors (Lipinski definition) is 0. The van der Waals surface area contributed by atoms with Crippen molar-refractivity contribution in [2.45, 2.75) is 57.9 Å². The summed E-state index contributed by atoms with van der Waals surface area (Å²) >= 11 is 0. The van der Waals surface area contributed by atoms with E-state index in [1.807, 2.05) is 32.5 Å². The van der Waals surface area contributed by atoms with E-state index < -0.39 is 29.0 Å². The maximum Gasteiger partial charge on any atom is 0.416 e. The molecule has 0 spiro atoms. The molecule has 0 saturated carbocycles. The highest BCUT2D eigenvalue weighted by Gasteiger charge is 2.32. The van der Waals surface area contributed by atoms with Gasteiger partial charge in [0.2, 0.25) is 0 Å². The summed E-state index contributed by atoms with van der Waals surface area (Å²) in [6, 6.07) is 3.44. The van der Waals surface area contributed by atoms with Crippen molar-refractivity contribution in [1.82, 2.24) is 9.36 Å². The summed E-state index contributed by atoms with van der Waals surface area (Å²) in [6.07, 6.45) is -2.94. The number of halogens is 4. The van der Waals surface area contributed by atoms with Crippen molar-refractivity contribution >= 4 is 5.91 Å². The van der Waals surface area contributed by atoms with E-state index in [1.165, 1.54) is 0 Å². The molecular weight excluding hydrogens is 402 g/mol. The SMILES string of the molecule is Cn1c(C(C)(C)C)cc(=NC(=O)c2cc(C(F)(F)F)ccc2F)n1C[C@H]1CCCO1. The molecule has 30 heavy (non-hydrogen) atoms. The Balaban J connectivity index is 2.08. The summed E-state index contributed by atoms with van der Waals surface area (Å²) in [7, 11) is 1.82. The van der Waals surface area contributed by atoms with Gasteiger partial charge >= 0.3 is 6.18 Å².